The highest BCUT2D eigenvalue weighted by molar-refractivity contribution is 7.89. The van der Waals surface area contributed by atoms with Gasteiger partial charge in [0.1, 0.15) is 0 Å². The summed E-state index contributed by atoms with van der Waals surface area (Å²) in [5.41, 5.74) is 0. The van der Waals surface area contributed by atoms with Gasteiger partial charge in [-0.15, -0.1) is 0 Å². The van der Waals surface area contributed by atoms with Crippen LogP contribution in [0, 0.1) is 0 Å². The summed E-state index contributed by atoms with van der Waals surface area (Å²) in [6, 6.07) is 0. The summed E-state index contributed by atoms with van der Waals surface area (Å²) < 4.78 is 20.6. The van der Waals surface area contributed by atoms with E-state index in [9.17, 15) is 13.2 Å². The molecule has 0 spiro atoms. The lowest BCUT2D eigenvalue weighted by Gasteiger charge is -1.98. The van der Waals surface area contributed by atoms with Crippen molar-refractivity contribution in [3.63, 3.8) is 0 Å². The lowest BCUT2D eigenvalue weighted by Crippen LogP contribution is -2.30. The zero-order chi connectivity index (χ0) is 8.91. The molecule has 0 bridgehead atoms. The van der Waals surface area contributed by atoms with Gasteiger partial charge in [0.2, 0.25) is 15.9 Å². The molecule has 0 aromatic heterocycles. The SMILES string of the molecule is C=CC(=O)NCCS(N)(=O)=O. The molecule has 0 fully saturated rings. The number of hydrogen-bond donors (Lipinski definition) is 2. The summed E-state index contributed by atoms with van der Waals surface area (Å²) in [5, 5.41) is 6.93. The van der Waals surface area contributed by atoms with Crippen LogP contribution in [0.25, 0.3) is 0 Å². The third kappa shape index (κ3) is 7.01. The smallest absolute Gasteiger partial charge is 0.243 e. The van der Waals surface area contributed by atoms with Crippen molar-refractivity contribution in [1.29, 1.82) is 0 Å². The molecule has 5 nitrogen and oxygen atoms in total. The van der Waals surface area contributed by atoms with E-state index in [1.54, 1.807) is 0 Å². The molecule has 0 radical (unpaired) electrons. The van der Waals surface area contributed by atoms with E-state index >= 15 is 0 Å². The molecule has 0 aromatic carbocycles. The predicted molar refractivity (Wildman–Crippen MR) is 41.2 cm³/mol. The van der Waals surface area contributed by atoms with Crippen LogP contribution in [0.3, 0.4) is 0 Å². The van der Waals surface area contributed by atoms with Gasteiger partial charge in [-0.05, 0) is 6.08 Å². The number of hydrogen-bond acceptors (Lipinski definition) is 3. The molecule has 0 heterocycles. The van der Waals surface area contributed by atoms with Crippen LogP contribution in [0.15, 0.2) is 12.7 Å². The first-order chi connectivity index (χ1) is 4.95. The average molecular weight is 178 g/mol. The Hall–Kier alpha value is -0.880. The Kier molecular flexibility index (Phi) is 3.77. The first-order valence-corrected chi connectivity index (χ1v) is 4.58. The molecule has 0 aliphatic carbocycles. The molecule has 11 heavy (non-hydrogen) atoms. The number of carbonyl (C=O) groups is 1. The maximum atomic E-state index is 10.4. The molecular weight excluding hydrogens is 168 g/mol. The molecule has 0 aliphatic rings. The van der Waals surface area contributed by atoms with Gasteiger partial charge in [0.05, 0.1) is 5.75 Å². The Morgan fingerprint density at radius 2 is 2.18 bits per heavy atom. The van der Waals surface area contributed by atoms with Gasteiger partial charge in [0, 0.05) is 6.54 Å². The molecule has 0 rings (SSSR count). The van der Waals surface area contributed by atoms with Crippen molar-refractivity contribution in [2.45, 2.75) is 0 Å². The minimum absolute atomic E-state index is 0.0175. The van der Waals surface area contributed by atoms with E-state index in [0.29, 0.717) is 0 Å². The van der Waals surface area contributed by atoms with Crippen LogP contribution in [-0.4, -0.2) is 26.6 Å². The summed E-state index contributed by atoms with van der Waals surface area (Å²) in [5.74, 6) is -0.666. The zero-order valence-electron chi connectivity index (χ0n) is 5.91. The van der Waals surface area contributed by atoms with E-state index in [-0.39, 0.29) is 12.3 Å². The average Bonchev–Trinajstić information content (AvgIpc) is 1.85. The molecule has 0 atom stereocenters. The first kappa shape index (κ1) is 10.1. The standard InChI is InChI=1S/C5H10N2O3S/c1-2-5(8)7-3-4-11(6,9)10/h2H,1,3-4H2,(H,7,8)(H2,6,9,10). The van der Waals surface area contributed by atoms with Crippen molar-refractivity contribution < 1.29 is 13.2 Å². The van der Waals surface area contributed by atoms with Crippen LogP contribution in [0.2, 0.25) is 0 Å². The van der Waals surface area contributed by atoms with Gasteiger partial charge in [-0.3, -0.25) is 4.79 Å². The highest BCUT2D eigenvalue weighted by Gasteiger charge is 2.01. The Morgan fingerprint density at radius 1 is 1.64 bits per heavy atom. The minimum atomic E-state index is -3.48. The lowest BCUT2D eigenvalue weighted by atomic mass is 10.6. The summed E-state index contributed by atoms with van der Waals surface area (Å²) in [6.45, 7) is 3.20. The van der Waals surface area contributed by atoms with Crippen LogP contribution in [0.5, 0.6) is 0 Å². The van der Waals surface area contributed by atoms with Crippen LogP contribution < -0.4 is 10.5 Å². The first-order valence-electron chi connectivity index (χ1n) is 2.86. The van der Waals surface area contributed by atoms with Crippen molar-refractivity contribution >= 4 is 15.9 Å². The number of rotatable bonds is 4. The Labute approximate surface area is 65.3 Å². The summed E-state index contributed by atoms with van der Waals surface area (Å²) in [4.78, 5) is 10.4. The van der Waals surface area contributed by atoms with Crippen molar-refractivity contribution in [1.82, 2.24) is 5.32 Å². The number of primary sulfonamides is 1. The Morgan fingerprint density at radius 3 is 2.55 bits per heavy atom. The second-order valence-corrected chi connectivity index (χ2v) is 3.60. The highest BCUT2D eigenvalue weighted by Crippen LogP contribution is 1.74. The van der Waals surface area contributed by atoms with E-state index in [1.165, 1.54) is 0 Å². The largest absolute Gasteiger partial charge is 0.351 e. The third-order valence-electron chi connectivity index (χ3n) is 0.871. The maximum Gasteiger partial charge on any atom is 0.243 e. The van der Waals surface area contributed by atoms with E-state index in [0.717, 1.165) is 6.08 Å². The van der Waals surface area contributed by atoms with Gasteiger partial charge in [-0.1, -0.05) is 6.58 Å². The van der Waals surface area contributed by atoms with Crippen LogP contribution in [-0.2, 0) is 14.8 Å². The highest BCUT2D eigenvalue weighted by atomic mass is 32.2. The quantitative estimate of drug-likeness (QED) is 0.517. The fourth-order valence-corrected chi connectivity index (χ4v) is 0.775. The molecule has 0 saturated heterocycles. The second-order valence-electron chi connectivity index (χ2n) is 1.86. The molecule has 0 unspecified atom stereocenters. The summed E-state index contributed by atoms with van der Waals surface area (Å²) in [7, 11) is -3.48. The minimum Gasteiger partial charge on any atom is -0.351 e. The number of amides is 1. The monoisotopic (exact) mass is 178 g/mol. The van der Waals surface area contributed by atoms with Crippen molar-refractivity contribution in [3.05, 3.63) is 12.7 Å². The Bertz CT molecular complexity index is 244. The topological polar surface area (TPSA) is 89.3 Å². The maximum absolute atomic E-state index is 10.4. The summed E-state index contributed by atoms with van der Waals surface area (Å²) >= 11 is 0. The third-order valence-corrected chi connectivity index (χ3v) is 1.64. The van der Waals surface area contributed by atoms with E-state index in [1.807, 2.05) is 0 Å². The van der Waals surface area contributed by atoms with Crippen molar-refractivity contribution in [3.8, 4) is 0 Å². The normalized spacial score (nSPS) is 10.6. The van der Waals surface area contributed by atoms with Crippen molar-refractivity contribution in [2.24, 2.45) is 5.14 Å². The summed E-state index contributed by atoms with van der Waals surface area (Å²) in [6.07, 6.45) is 1.06. The van der Waals surface area contributed by atoms with E-state index in [2.05, 4.69) is 17.0 Å². The van der Waals surface area contributed by atoms with Gasteiger partial charge < -0.3 is 5.32 Å². The Balaban J connectivity index is 3.59. The van der Waals surface area contributed by atoms with Crippen LogP contribution in [0.1, 0.15) is 0 Å². The van der Waals surface area contributed by atoms with E-state index in [4.69, 9.17) is 0 Å². The molecule has 3 N–H and O–H groups in total. The molecule has 6 heteroatoms. The number of sulfonamides is 1. The molecule has 0 saturated carbocycles. The van der Waals surface area contributed by atoms with Gasteiger partial charge in [0.25, 0.3) is 0 Å². The van der Waals surface area contributed by atoms with Crippen LogP contribution in [0.4, 0.5) is 0 Å². The fourth-order valence-electron chi connectivity index (χ4n) is 0.389. The molecule has 0 aromatic rings. The lowest BCUT2D eigenvalue weighted by molar-refractivity contribution is -0.116. The number of carbonyl (C=O) groups excluding carboxylic acids is 1. The number of nitrogens with two attached hydrogens (primary N) is 1. The second kappa shape index (κ2) is 4.09. The molecule has 1 amide bonds. The zero-order valence-corrected chi connectivity index (χ0v) is 6.73. The number of nitrogens with one attached hydrogen (secondary N) is 1. The van der Waals surface area contributed by atoms with Gasteiger partial charge in [-0.25, -0.2) is 13.6 Å². The van der Waals surface area contributed by atoms with Crippen LogP contribution >= 0.6 is 0 Å². The van der Waals surface area contributed by atoms with Gasteiger partial charge >= 0.3 is 0 Å². The van der Waals surface area contributed by atoms with Gasteiger partial charge in [-0.2, -0.15) is 0 Å². The molecule has 64 valence electrons. The van der Waals surface area contributed by atoms with Crippen molar-refractivity contribution in [2.75, 3.05) is 12.3 Å². The fraction of sp³-hybridized carbons (Fsp3) is 0.400. The van der Waals surface area contributed by atoms with E-state index < -0.39 is 15.9 Å². The van der Waals surface area contributed by atoms with Gasteiger partial charge in [0.15, 0.2) is 0 Å². The molecular formula is C5H10N2O3S. The molecule has 0 aliphatic heterocycles. The predicted octanol–water partition coefficient (Wildman–Crippen LogP) is -1.42.